The molecule has 0 heterocycles. The molecule has 0 aliphatic rings. The molecule has 0 saturated carbocycles. The van der Waals surface area contributed by atoms with Crippen molar-refractivity contribution in [1.82, 2.24) is 5.32 Å². The molecule has 1 amide bonds. The third-order valence-electron chi connectivity index (χ3n) is 3.38. The van der Waals surface area contributed by atoms with E-state index in [4.69, 9.17) is 0 Å². The lowest BCUT2D eigenvalue weighted by Crippen LogP contribution is -2.13. The minimum absolute atomic E-state index is 0.116. The number of amides is 1. The van der Waals surface area contributed by atoms with Gasteiger partial charge in [-0.2, -0.15) is 0 Å². The van der Waals surface area contributed by atoms with Gasteiger partial charge < -0.3 is 10.6 Å². The van der Waals surface area contributed by atoms with Gasteiger partial charge in [-0.3, -0.25) is 4.79 Å². The molecular formula is C16H26N2O. The van der Waals surface area contributed by atoms with Gasteiger partial charge in [0.05, 0.1) is 0 Å². The van der Waals surface area contributed by atoms with Crippen LogP contribution in [0, 0.1) is 0 Å². The Labute approximate surface area is 116 Å². The fraction of sp³-hybridized carbons (Fsp3) is 0.562. The summed E-state index contributed by atoms with van der Waals surface area (Å²) in [6.07, 6.45) is 5.16. The molecule has 0 radical (unpaired) electrons. The van der Waals surface area contributed by atoms with Crippen LogP contribution in [0.5, 0.6) is 0 Å². The lowest BCUT2D eigenvalue weighted by Gasteiger charge is -2.11. The van der Waals surface area contributed by atoms with Crippen LogP contribution < -0.4 is 10.6 Å². The monoisotopic (exact) mass is 262 g/mol. The molecule has 2 N–H and O–H groups in total. The van der Waals surface area contributed by atoms with Gasteiger partial charge in [0.15, 0.2) is 0 Å². The summed E-state index contributed by atoms with van der Waals surface area (Å²) in [5, 5.41) is 6.14. The first-order valence-corrected chi connectivity index (χ1v) is 7.24. The maximum Gasteiger partial charge on any atom is 0.224 e. The van der Waals surface area contributed by atoms with Crippen LogP contribution in [-0.4, -0.2) is 13.0 Å². The van der Waals surface area contributed by atoms with E-state index in [2.05, 4.69) is 24.5 Å². The summed E-state index contributed by atoms with van der Waals surface area (Å²) in [5.41, 5.74) is 2.11. The topological polar surface area (TPSA) is 41.1 Å². The van der Waals surface area contributed by atoms with Crippen LogP contribution in [0.1, 0.15) is 57.6 Å². The van der Waals surface area contributed by atoms with Crippen LogP contribution in [-0.2, 0) is 4.79 Å². The average molecular weight is 262 g/mol. The first-order chi connectivity index (χ1) is 9.17. The number of rotatable bonds is 8. The van der Waals surface area contributed by atoms with E-state index in [-0.39, 0.29) is 5.91 Å². The van der Waals surface area contributed by atoms with Gasteiger partial charge >= 0.3 is 0 Å². The van der Waals surface area contributed by atoms with Crippen LogP contribution in [0.4, 0.5) is 5.69 Å². The second-order valence-corrected chi connectivity index (χ2v) is 4.99. The molecule has 0 spiro atoms. The van der Waals surface area contributed by atoms with Gasteiger partial charge in [-0.15, -0.1) is 0 Å². The molecule has 1 aromatic rings. The standard InChI is InChI=1S/C16H26N2O/c1-4-5-6-7-8-16(19)18-15-11-9-14(10-12-15)13(2)17-3/h9-13,17H,4-8H2,1-3H3,(H,18,19). The quantitative estimate of drug-likeness (QED) is 0.698. The minimum atomic E-state index is 0.116. The van der Waals surface area contributed by atoms with Crippen molar-refractivity contribution < 1.29 is 4.79 Å². The number of nitrogens with one attached hydrogen (secondary N) is 2. The Morgan fingerprint density at radius 3 is 2.42 bits per heavy atom. The highest BCUT2D eigenvalue weighted by molar-refractivity contribution is 5.90. The van der Waals surface area contributed by atoms with Crippen molar-refractivity contribution in [2.75, 3.05) is 12.4 Å². The molecule has 106 valence electrons. The Hall–Kier alpha value is -1.35. The van der Waals surface area contributed by atoms with Crippen LogP contribution in [0.2, 0.25) is 0 Å². The molecule has 0 aliphatic heterocycles. The predicted octanol–water partition coefficient (Wildman–Crippen LogP) is 3.88. The zero-order valence-electron chi connectivity index (χ0n) is 12.3. The molecule has 0 aliphatic carbocycles. The van der Waals surface area contributed by atoms with Crippen LogP contribution >= 0.6 is 0 Å². The highest BCUT2D eigenvalue weighted by atomic mass is 16.1. The Bertz CT molecular complexity index is 373. The molecule has 1 unspecified atom stereocenters. The second-order valence-electron chi connectivity index (χ2n) is 4.99. The van der Waals surface area contributed by atoms with E-state index in [9.17, 15) is 4.79 Å². The van der Waals surface area contributed by atoms with Crippen molar-refractivity contribution >= 4 is 11.6 Å². The Balaban J connectivity index is 2.38. The molecule has 1 atom stereocenters. The highest BCUT2D eigenvalue weighted by Crippen LogP contribution is 2.16. The molecule has 0 bridgehead atoms. The van der Waals surface area contributed by atoms with E-state index in [1.807, 2.05) is 31.3 Å². The Kier molecular flexibility index (Phi) is 7.19. The summed E-state index contributed by atoms with van der Waals surface area (Å²) in [4.78, 5) is 11.7. The normalized spacial score (nSPS) is 12.2. The number of carbonyl (C=O) groups is 1. The summed E-state index contributed by atoms with van der Waals surface area (Å²) in [6.45, 7) is 4.29. The Morgan fingerprint density at radius 1 is 1.16 bits per heavy atom. The van der Waals surface area contributed by atoms with Gasteiger partial charge in [-0.05, 0) is 38.1 Å². The molecule has 0 aromatic heterocycles. The van der Waals surface area contributed by atoms with E-state index in [1.54, 1.807) is 0 Å². The van der Waals surface area contributed by atoms with Crippen LogP contribution in [0.3, 0.4) is 0 Å². The van der Waals surface area contributed by atoms with Crippen molar-refractivity contribution in [3.05, 3.63) is 29.8 Å². The van der Waals surface area contributed by atoms with Crippen LogP contribution in [0.15, 0.2) is 24.3 Å². The molecule has 0 saturated heterocycles. The van der Waals surface area contributed by atoms with Crippen molar-refractivity contribution in [2.45, 2.75) is 52.0 Å². The van der Waals surface area contributed by atoms with Crippen molar-refractivity contribution in [2.24, 2.45) is 0 Å². The number of hydrogen-bond donors (Lipinski definition) is 2. The summed E-state index contributed by atoms with van der Waals surface area (Å²) < 4.78 is 0. The Morgan fingerprint density at radius 2 is 1.84 bits per heavy atom. The summed E-state index contributed by atoms with van der Waals surface area (Å²) in [6, 6.07) is 8.36. The van der Waals surface area contributed by atoms with Crippen LogP contribution in [0.25, 0.3) is 0 Å². The number of benzene rings is 1. The molecular weight excluding hydrogens is 236 g/mol. The third kappa shape index (κ3) is 5.88. The first kappa shape index (κ1) is 15.7. The van der Waals surface area contributed by atoms with Gasteiger partial charge in [0.25, 0.3) is 0 Å². The second kappa shape index (κ2) is 8.70. The molecule has 1 rings (SSSR count). The van der Waals surface area contributed by atoms with E-state index >= 15 is 0 Å². The lowest BCUT2D eigenvalue weighted by atomic mass is 10.1. The maximum atomic E-state index is 11.7. The van der Waals surface area contributed by atoms with Crippen molar-refractivity contribution in [1.29, 1.82) is 0 Å². The summed E-state index contributed by atoms with van der Waals surface area (Å²) in [7, 11) is 1.94. The smallest absolute Gasteiger partial charge is 0.224 e. The molecule has 3 nitrogen and oxygen atoms in total. The predicted molar refractivity (Wildman–Crippen MR) is 81.3 cm³/mol. The minimum Gasteiger partial charge on any atom is -0.326 e. The summed E-state index contributed by atoms with van der Waals surface area (Å²) in [5.74, 6) is 0.116. The van der Waals surface area contributed by atoms with Gasteiger partial charge in [0.1, 0.15) is 0 Å². The zero-order chi connectivity index (χ0) is 14.1. The van der Waals surface area contributed by atoms with E-state index in [0.717, 1.165) is 18.5 Å². The van der Waals surface area contributed by atoms with Crippen molar-refractivity contribution in [3.8, 4) is 0 Å². The molecule has 19 heavy (non-hydrogen) atoms. The van der Waals surface area contributed by atoms with Gasteiger partial charge in [-0.1, -0.05) is 38.3 Å². The van der Waals surface area contributed by atoms with E-state index in [1.165, 1.54) is 18.4 Å². The summed E-state index contributed by atoms with van der Waals surface area (Å²) >= 11 is 0. The molecule has 3 heteroatoms. The fourth-order valence-corrected chi connectivity index (χ4v) is 1.96. The first-order valence-electron chi connectivity index (χ1n) is 7.24. The lowest BCUT2D eigenvalue weighted by molar-refractivity contribution is -0.116. The van der Waals surface area contributed by atoms with Crippen molar-refractivity contribution in [3.63, 3.8) is 0 Å². The molecule has 0 fully saturated rings. The highest BCUT2D eigenvalue weighted by Gasteiger charge is 2.04. The maximum absolute atomic E-state index is 11.7. The largest absolute Gasteiger partial charge is 0.326 e. The molecule has 1 aromatic carbocycles. The number of hydrogen-bond acceptors (Lipinski definition) is 2. The average Bonchev–Trinajstić information content (AvgIpc) is 2.43. The zero-order valence-corrected chi connectivity index (χ0v) is 12.3. The number of carbonyl (C=O) groups excluding carboxylic acids is 1. The van der Waals surface area contributed by atoms with E-state index in [0.29, 0.717) is 12.5 Å². The third-order valence-corrected chi connectivity index (χ3v) is 3.38. The number of anilines is 1. The van der Waals surface area contributed by atoms with Gasteiger partial charge in [0, 0.05) is 18.2 Å². The van der Waals surface area contributed by atoms with Gasteiger partial charge in [-0.25, -0.2) is 0 Å². The van der Waals surface area contributed by atoms with E-state index < -0.39 is 0 Å². The number of unbranched alkanes of at least 4 members (excludes halogenated alkanes) is 3. The fourth-order valence-electron chi connectivity index (χ4n) is 1.96. The van der Waals surface area contributed by atoms with Gasteiger partial charge in [0.2, 0.25) is 5.91 Å². The SMILES string of the molecule is CCCCCCC(=O)Nc1ccc(C(C)NC)cc1.